The van der Waals surface area contributed by atoms with Crippen molar-refractivity contribution in [1.82, 2.24) is 10.1 Å². The van der Waals surface area contributed by atoms with Gasteiger partial charge in [0.05, 0.1) is 17.5 Å². The molecule has 1 aromatic carbocycles. The number of benzene rings is 1. The average Bonchev–Trinajstić information content (AvgIpc) is 3.26. The molecule has 0 unspecified atom stereocenters. The lowest BCUT2D eigenvalue weighted by Crippen LogP contribution is -2.44. The Kier molecular flexibility index (Phi) is 4.48. The number of carbonyl (C=O) groups is 2. The third-order valence-corrected chi connectivity index (χ3v) is 5.94. The van der Waals surface area contributed by atoms with Gasteiger partial charge in [-0.25, -0.2) is 0 Å². The fraction of sp³-hybridized carbons (Fsp3) is 0.421. The molecule has 1 aromatic heterocycles. The maximum atomic E-state index is 13.0. The molecule has 0 aliphatic carbocycles. The summed E-state index contributed by atoms with van der Waals surface area (Å²) in [5, 5.41) is 4.09. The molecule has 2 aliphatic heterocycles. The van der Waals surface area contributed by atoms with Crippen molar-refractivity contribution in [3.05, 3.63) is 41.3 Å². The van der Waals surface area contributed by atoms with Gasteiger partial charge in [-0.05, 0) is 44.4 Å². The molecule has 1 fully saturated rings. The molecule has 0 radical (unpaired) electrons. The van der Waals surface area contributed by atoms with Crippen LogP contribution in [0, 0.1) is 13.8 Å². The molecule has 26 heavy (non-hydrogen) atoms. The van der Waals surface area contributed by atoms with E-state index in [1.165, 1.54) is 11.8 Å². The number of fused-ring (bicyclic) bond motifs is 1. The Balaban J connectivity index is 1.55. The quantitative estimate of drug-likeness (QED) is 0.829. The maximum Gasteiger partial charge on any atom is 0.243 e. The van der Waals surface area contributed by atoms with Gasteiger partial charge >= 0.3 is 0 Å². The molecular formula is C19H21N3O3S. The summed E-state index contributed by atoms with van der Waals surface area (Å²) in [6.07, 6.45) is 1.80. The van der Waals surface area contributed by atoms with Gasteiger partial charge < -0.3 is 14.3 Å². The first-order chi connectivity index (χ1) is 12.5. The lowest BCUT2D eigenvalue weighted by Gasteiger charge is -2.31. The highest BCUT2D eigenvalue weighted by molar-refractivity contribution is 8.00. The Morgan fingerprint density at radius 1 is 1.35 bits per heavy atom. The third kappa shape index (κ3) is 3.11. The van der Waals surface area contributed by atoms with Gasteiger partial charge in [0.2, 0.25) is 11.8 Å². The normalized spacial score (nSPS) is 19.8. The van der Waals surface area contributed by atoms with E-state index in [-0.39, 0.29) is 24.4 Å². The van der Waals surface area contributed by atoms with Gasteiger partial charge in [0.15, 0.2) is 0 Å². The standard InChI is InChI=1S/C19H21N3O3S/c1-12-5-6-16-17(8-12)26-11-19(24)22(16)10-18(23)21-7-3-4-15(21)14-9-13(2)25-20-14/h5-6,8-9,15H,3-4,7,10-11H2,1-2H3/t15-/m1/s1. The van der Waals surface area contributed by atoms with Gasteiger partial charge in [0, 0.05) is 17.5 Å². The number of likely N-dealkylation sites (tertiary alicyclic amines) is 1. The fourth-order valence-electron chi connectivity index (χ4n) is 3.63. The number of hydrogen-bond donors (Lipinski definition) is 0. The molecule has 1 atom stereocenters. The number of thioether (sulfide) groups is 1. The van der Waals surface area contributed by atoms with Crippen LogP contribution in [-0.2, 0) is 9.59 Å². The van der Waals surface area contributed by atoms with E-state index in [1.54, 1.807) is 4.90 Å². The lowest BCUT2D eigenvalue weighted by atomic mass is 10.1. The molecule has 0 bridgehead atoms. The number of hydrogen-bond acceptors (Lipinski definition) is 5. The molecule has 2 amide bonds. The summed E-state index contributed by atoms with van der Waals surface area (Å²) in [5.74, 6) is 1.05. The molecular weight excluding hydrogens is 350 g/mol. The number of carbonyl (C=O) groups excluding carboxylic acids is 2. The van der Waals surface area contributed by atoms with Crippen LogP contribution in [0.3, 0.4) is 0 Å². The molecule has 0 saturated carbocycles. The molecule has 1 saturated heterocycles. The molecule has 3 heterocycles. The van der Waals surface area contributed by atoms with Crippen molar-refractivity contribution in [3.8, 4) is 0 Å². The number of rotatable bonds is 3. The summed E-state index contributed by atoms with van der Waals surface area (Å²) in [6, 6.07) is 7.81. The monoisotopic (exact) mass is 371 g/mol. The molecule has 4 rings (SSSR count). The number of anilines is 1. The largest absolute Gasteiger partial charge is 0.361 e. The van der Waals surface area contributed by atoms with E-state index in [1.807, 2.05) is 36.9 Å². The molecule has 2 aliphatic rings. The third-order valence-electron chi connectivity index (χ3n) is 4.91. The van der Waals surface area contributed by atoms with Crippen LogP contribution in [0.15, 0.2) is 33.7 Å². The first-order valence-corrected chi connectivity index (χ1v) is 9.78. The van der Waals surface area contributed by atoms with Crippen LogP contribution < -0.4 is 4.90 Å². The lowest BCUT2D eigenvalue weighted by molar-refractivity contribution is -0.132. The Morgan fingerprint density at radius 2 is 2.19 bits per heavy atom. The van der Waals surface area contributed by atoms with Crippen LogP contribution in [0.5, 0.6) is 0 Å². The first-order valence-electron chi connectivity index (χ1n) is 8.79. The smallest absolute Gasteiger partial charge is 0.243 e. The van der Waals surface area contributed by atoms with Crippen LogP contribution in [0.4, 0.5) is 5.69 Å². The SMILES string of the molecule is Cc1ccc2c(c1)SCC(=O)N2CC(=O)N1CCC[C@@H]1c1cc(C)on1. The number of aryl methyl sites for hydroxylation is 2. The van der Waals surface area contributed by atoms with Crippen molar-refractivity contribution in [1.29, 1.82) is 0 Å². The topological polar surface area (TPSA) is 66.7 Å². The van der Waals surface area contributed by atoms with Gasteiger partial charge in [0.1, 0.15) is 18.0 Å². The zero-order valence-corrected chi connectivity index (χ0v) is 15.7. The summed E-state index contributed by atoms with van der Waals surface area (Å²) in [6.45, 7) is 4.64. The van der Waals surface area contributed by atoms with Crippen LogP contribution >= 0.6 is 11.8 Å². The van der Waals surface area contributed by atoms with Crippen molar-refractivity contribution >= 4 is 29.3 Å². The number of aromatic nitrogens is 1. The van der Waals surface area contributed by atoms with E-state index in [2.05, 4.69) is 11.2 Å². The Hall–Kier alpha value is -2.28. The average molecular weight is 371 g/mol. The molecule has 0 spiro atoms. The minimum absolute atomic E-state index is 0.0206. The van der Waals surface area contributed by atoms with Crippen molar-refractivity contribution < 1.29 is 14.1 Å². The van der Waals surface area contributed by atoms with Gasteiger partial charge in [0.25, 0.3) is 0 Å². The first kappa shape index (κ1) is 17.1. The summed E-state index contributed by atoms with van der Waals surface area (Å²) >= 11 is 1.54. The van der Waals surface area contributed by atoms with E-state index < -0.39 is 0 Å². The van der Waals surface area contributed by atoms with Gasteiger partial charge in [-0.3, -0.25) is 9.59 Å². The van der Waals surface area contributed by atoms with Gasteiger partial charge in [-0.2, -0.15) is 0 Å². The van der Waals surface area contributed by atoms with E-state index in [9.17, 15) is 9.59 Å². The molecule has 136 valence electrons. The zero-order chi connectivity index (χ0) is 18.3. The number of amides is 2. The fourth-order valence-corrected chi connectivity index (χ4v) is 4.66. The van der Waals surface area contributed by atoms with Gasteiger partial charge in [-0.15, -0.1) is 11.8 Å². The second kappa shape index (κ2) is 6.79. The van der Waals surface area contributed by atoms with Crippen LogP contribution in [0.25, 0.3) is 0 Å². The van der Waals surface area contributed by atoms with E-state index in [0.29, 0.717) is 12.3 Å². The summed E-state index contributed by atoms with van der Waals surface area (Å²) < 4.78 is 5.17. The predicted molar refractivity (Wildman–Crippen MR) is 99.2 cm³/mol. The number of nitrogens with zero attached hydrogens (tertiary/aromatic N) is 3. The zero-order valence-electron chi connectivity index (χ0n) is 14.9. The van der Waals surface area contributed by atoms with Crippen molar-refractivity contribution in [2.24, 2.45) is 0 Å². The maximum absolute atomic E-state index is 13.0. The predicted octanol–water partition coefficient (Wildman–Crippen LogP) is 3.09. The highest BCUT2D eigenvalue weighted by Crippen LogP contribution is 2.37. The molecule has 0 N–H and O–H groups in total. The highest BCUT2D eigenvalue weighted by Gasteiger charge is 2.35. The second-order valence-corrected chi connectivity index (χ2v) is 7.86. The van der Waals surface area contributed by atoms with Crippen molar-refractivity contribution in [2.45, 2.75) is 37.6 Å². The highest BCUT2D eigenvalue weighted by atomic mass is 32.2. The van der Waals surface area contributed by atoms with E-state index >= 15 is 0 Å². The van der Waals surface area contributed by atoms with Crippen LogP contribution in [-0.4, -0.2) is 40.7 Å². The molecule has 2 aromatic rings. The summed E-state index contributed by atoms with van der Waals surface area (Å²) in [7, 11) is 0. The van der Waals surface area contributed by atoms with Crippen LogP contribution in [0.2, 0.25) is 0 Å². The van der Waals surface area contributed by atoms with Crippen molar-refractivity contribution in [3.63, 3.8) is 0 Å². The Morgan fingerprint density at radius 3 is 2.96 bits per heavy atom. The minimum atomic E-state index is -0.0632. The summed E-state index contributed by atoms with van der Waals surface area (Å²) in [5.41, 5.74) is 2.78. The Bertz CT molecular complexity index is 863. The van der Waals surface area contributed by atoms with Gasteiger partial charge in [-0.1, -0.05) is 11.2 Å². The summed E-state index contributed by atoms with van der Waals surface area (Å²) in [4.78, 5) is 30.0. The van der Waals surface area contributed by atoms with E-state index in [4.69, 9.17) is 4.52 Å². The second-order valence-electron chi connectivity index (χ2n) is 6.85. The van der Waals surface area contributed by atoms with E-state index in [0.717, 1.165) is 40.4 Å². The Labute approximate surface area is 156 Å². The van der Waals surface area contributed by atoms with Crippen molar-refractivity contribution in [2.75, 3.05) is 23.7 Å². The minimum Gasteiger partial charge on any atom is -0.361 e. The molecule has 7 heteroatoms. The molecule has 6 nitrogen and oxygen atoms in total. The van der Waals surface area contributed by atoms with Crippen LogP contribution in [0.1, 0.15) is 35.9 Å².